The Balaban J connectivity index is 2.29. The van der Waals surface area contributed by atoms with Crippen LogP contribution >= 0.6 is 11.8 Å². The lowest BCUT2D eigenvalue weighted by atomic mass is 10.1. The maximum atomic E-state index is 12.7. The minimum Gasteiger partial charge on any atom is -0.368 e. The van der Waals surface area contributed by atoms with E-state index in [0.717, 1.165) is 18.7 Å². The number of nitrogens with two attached hydrogens (primary N) is 1. The minimum absolute atomic E-state index is 0.0180. The Morgan fingerprint density at radius 3 is 2.71 bits per heavy atom. The molecule has 112 valence electrons. The van der Waals surface area contributed by atoms with Crippen molar-refractivity contribution in [2.45, 2.75) is 18.1 Å². The quantitative estimate of drug-likeness (QED) is 0.511. The second-order valence-electron chi connectivity index (χ2n) is 4.02. The Labute approximate surface area is 121 Å². The lowest BCUT2D eigenvalue weighted by Gasteiger charge is -2.11. The van der Waals surface area contributed by atoms with Crippen LogP contribution in [0, 0.1) is 0 Å². The van der Waals surface area contributed by atoms with Crippen molar-refractivity contribution in [1.82, 2.24) is 25.4 Å². The number of H-pyrrole nitrogens is 1. The van der Waals surface area contributed by atoms with Crippen molar-refractivity contribution >= 4 is 28.9 Å². The molecule has 6 nitrogen and oxygen atoms in total. The molecule has 2 heterocycles. The number of aromatic amines is 1. The van der Waals surface area contributed by atoms with E-state index in [1.54, 1.807) is 0 Å². The summed E-state index contributed by atoms with van der Waals surface area (Å²) in [6, 6.07) is 0. The van der Waals surface area contributed by atoms with Gasteiger partial charge in [-0.25, -0.2) is 4.98 Å². The molecule has 21 heavy (non-hydrogen) atoms. The maximum absolute atomic E-state index is 12.7. The van der Waals surface area contributed by atoms with Gasteiger partial charge in [-0.05, 0) is 12.5 Å². The molecule has 0 saturated heterocycles. The van der Waals surface area contributed by atoms with E-state index in [2.05, 4.69) is 32.0 Å². The Morgan fingerprint density at radius 2 is 2.10 bits per heavy atom. The number of hydrogen-bond acceptors (Lipinski definition) is 6. The van der Waals surface area contributed by atoms with Crippen LogP contribution in [-0.4, -0.2) is 37.3 Å². The summed E-state index contributed by atoms with van der Waals surface area (Å²) in [5.41, 5.74) is 5.53. The number of thioether (sulfide) groups is 1. The highest BCUT2D eigenvalue weighted by Gasteiger charge is 2.32. The predicted molar refractivity (Wildman–Crippen MR) is 73.6 cm³/mol. The molecule has 0 aromatic carbocycles. The number of hydrogen-bond donors (Lipinski definition) is 2. The zero-order chi connectivity index (χ0) is 15.6. The normalized spacial score (nSPS) is 13.3. The van der Waals surface area contributed by atoms with E-state index >= 15 is 0 Å². The molecule has 3 N–H and O–H groups in total. The molecule has 0 aliphatic rings. The number of rotatable bonds is 4. The van der Waals surface area contributed by atoms with E-state index in [1.165, 1.54) is 6.08 Å². The van der Waals surface area contributed by atoms with Crippen LogP contribution in [-0.2, 0) is 0 Å². The van der Waals surface area contributed by atoms with Crippen molar-refractivity contribution in [3.05, 3.63) is 23.8 Å². The number of allylic oxidation sites excluding steroid dienone is 2. The van der Waals surface area contributed by atoms with Crippen LogP contribution in [0.3, 0.4) is 0 Å². The van der Waals surface area contributed by atoms with Crippen LogP contribution in [0.1, 0.15) is 6.92 Å². The lowest BCUT2D eigenvalue weighted by Crippen LogP contribution is -2.12. The monoisotopic (exact) mass is 316 g/mol. The van der Waals surface area contributed by atoms with Crippen LogP contribution in [0.25, 0.3) is 11.2 Å². The van der Waals surface area contributed by atoms with Crippen molar-refractivity contribution in [1.29, 1.82) is 0 Å². The van der Waals surface area contributed by atoms with Crippen molar-refractivity contribution in [3.63, 3.8) is 0 Å². The first-order chi connectivity index (χ1) is 9.82. The number of anilines is 1. The molecular weight excluding hydrogens is 305 g/mol. The molecule has 0 unspecified atom stereocenters. The number of alkyl halides is 3. The topological polar surface area (TPSA) is 93.4 Å². The molecule has 10 heteroatoms. The summed E-state index contributed by atoms with van der Waals surface area (Å²) in [6.07, 6.45) is -3.21. The van der Waals surface area contributed by atoms with Crippen molar-refractivity contribution in [3.8, 4) is 0 Å². The summed E-state index contributed by atoms with van der Waals surface area (Å²) in [5, 5.41) is 10.4. The zero-order valence-corrected chi connectivity index (χ0v) is 11.7. The fraction of sp³-hybridized carbons (Fsp3) is 0.273. The fourth-order valence-corrected chi connectivity index (χ4v) is 2.54. The highest BCUT2D eigenvalue weighted by molar-refractivity contribution is 7.99. The van der Waals surface area contributed by atoms with Crippen LogP contribution in [0.4, 0.5) is 19.1 Å². The average Bonchev–Trinajstić information content (AvgIpc) is 2.85. The molecule has 0 saturated carbocycles. The summed E-state index contributed by atoms with van der Waals surface area (Å²) >= 11 is 1.06. The summed E-state index contributed by atoms with van der Waals surface area (Å²) in [4.78, 5) is 7.82. The number of aromatic nitrogens is 5. The molecular formula is C11H11F3N6S. The van der Waals surface area contributed by atoms with Gasteiger partial charge < -0.3 is 5.73 Å². The third kappa shape index (κ3) is 3.32. The van der Waals surface area contributed by atoms with E-state index < -0.39 is 11.7 Å². The zero-order valence-electron chi connectivity index (χ0n) is 10.9. The highest BCUT2D eigenvalue weighted by atomic mass is 32.2. The SMILES string of the molecule is C=C/C(CSc1nc(N)nc2n[nH]nc12)=C(\C)C(F)(F)F. The summed E-state index contributed by atoms with van der Waals surface area (Å²) in [7, 11) is 0. The van der Waals surface area contributed by atoms with Crippen molar-refractivity contribution in [2.24, 2.45) is 0 Å². The summed E-state index contributed by atoms with van der Waals surface area (Å²) in [6.45, 7) is 4.43. The van der Waals surface area contributed by atoms with Gasteiger partial charge >= 0.3 is 6.18 Å². The maximum Gasteiger partial charge on any atom is 0.412 e. The van der Waals surface area contributed by atoms with Crippen molar-refractivity contribution in [2.75, 3.05) is 11.5 Å². The molecule has 0 aliphatic carbocycles. The van der Waals surface area contributed by atoms with Gasteiger partial charge in [0.25, 0.3) is 0 Å². The molecule has 0 atom stereocenters. The predicted octanol–water partition coefficient (Wildman–Crippen LogP) is 2.49. The van der Waals surface area contributed by atoms with Crippen LogP contribution in [0.15, 0.2) is 28.8 Å². The molecule has 0 radical (unpaired) electrons. The van der Waals surface area contributed by atoms with E-state index in [9.17, 15) is 13.2 Å². The molecule has 0 aliphatic heterocycles. The Hall–Kier alpha value is -2.10. The Bertz CT molecular complexity index is 706. The Morgan fingerprint density at radius 1 is 1.38 bits per heavy atom. The second-order valence-corrected chi connectivity index (χ2v) is 4.99. The molecule has 0 amide bonds. The van der Waals surface area contributed by atoms with Crippen LogP contribution in [0.2, 0.25) is 0 Å². The van der Waals surface area contributed by atoms with Gasteiger partial charge in [-0.1, -0.05) is 24.4 Å². The fourth-order valence-electron chi connectivity index (χ4n) is 1.49. The largest absolute Gasteiger partial charge is 0.412 e. The van der Waals surface area contributed by atoms with Gasteiger partial charge in [0.1, 0.15) is 5.03 Å². The first-order valence-corrected chi connectivity index (χ1v) is 6.67. The smallest absolute Gasteiger partial charge is 0.368 e. The van der Waals surface area contributed by atoms with Crippen molar-refractivity contribution < 1.29 is 13.2 Å². The number of nitrogens with zero attached hydrogens (tertiary/aromatic N) is 4. The Kier molecular flexibility index (Phi) is 4.16. The van der Waals surface area contributed by atoms with Gasteiger partial charge in [-0.3, -0.25) is 0 Å². The number of nitrogen functional groups attached to an aromatic ring is 1. The second kappa shape index (κ2) is 5.72. The number of halogens is 3. The van der Waals surface area contributed by atoms with Gasteiger partial charge in [-0.2, -0.15) is 28.5 Å². The standard InChI is InChI=1S/C11H11F3N6S/c1-3-6(5(2)11(12,13)14)4-21-9-7-8(19-20-18-7)16-10(15)17-9/h3H,1,4H2,2H3,(H3,15,16,17,18,19,20)/b6-5-. The lowest BCUT2D eigenvalue weighted by molar-refractivity contribution is -0.0919. The number of fused-ring (bicyclic) bond motifs is 1. The van der Waals surface area contributed by atoms with Gasteiger partial charge in [0.15, 0.2) is 5.52 Å². The molecule has 0 bridgehead atoms. The van der Waals surface area contributed by atoms with Gasteiger partial charge in [0, 0.05) is 11.3 Å². The molecule has 0 spiro atoms. The molecule has 0 fully saturated rings. The van der Waals surface area contributed by atoms with Gasteiger partial charge in [0.05, 0.1) is 0 Å². The van der Waals surface area contributed by atoms with E-state index in [-0.39, 0.29) is 22.9 Å². The minimum atomic E-state index is -4.39. The van der Waals surface area contributed by atoms with E-state index in [4.69, 9.17) is 5.73 Å². The number of nitrogens with one attached hydrogen (secondary N) is 1. The summed E-state index contributed by atoms with van der Waals surface area (Å²) < 4.78 is 38.1. The third-order valence-corrected chi connectivity index (χ3v) is 3.70. The van der Waals surface area contributed by atoms with E-state index in [0.29, 0.717) is 10.5 Å². The molecule has 2 aromatic heterocycles. The highest BCUT2D eigenvalue weighted by Crippen LogP contribution is 2.31. The van der Waals surface area contributed by atoms with E-state index in [1.807, 2.05) is 0 Å². The molecule has 2 aromatic rings. The van der Waals surface area contributed by atoms with Gasteiger partial charge in [-0.15, -0.1) is 5.10 Å². The molecule has 2 rings (SSSR count). The van der Waals surface area contributed by atoms with Crippen LogP contribution < -0.4 is 5.73 Å². The van der Waals surface area contributed by atoms with Gasteiger partial charge in [0.2, 0.25) is 11.6 Å². The third-order valence-electron chi connectivity index (χ3n) is 2.69. The average molecular weight is 316 g/mol. The van der Waals surface area contributed by atoms with Crippen LogP contribution in [0.5, 0.6) is 0 Å². The summed E-state index contributed by atoms with van der Waals surface area (Å²) in [5.74, 6) is 0.0170. The first kappa shape index (κ1) is 15.3. The first-order valence-electron chi connectivity index (χ1n) is 5.69.